The quantitative estimate of drug-likeness (QED) is 0.651. The van der Waals surface area contributed by atoms with Crippen LogP contribution < -0.4 is 0 Å². The van der Waals surface area contributed by atoms with Crippen molar-refractivity contribution in [2.24, 2.45) is 5.92 Å². The first-order valence-electron chi connectivity index (χ1n) is 11.9. The number of nitrogens with zero attached hydrogens (tertiary/aromatic N) is 4. The van der Waals surface area contributed by atoms with Crippen LogP contribution in [0.2, 0.25) is 0 Å². The molecule has 2 aromatic carbocycles. The van der Waals surface area contributed by atoms with E-state index in [1.165, 1.54) is 5.56 Å². The van der Waals surface area contributed by atoms with E-state index in [9.17, 15) is 4.79 Å². The Morgan fingerprint density at radius 1 is 0.875 bits per heavy atom. The maximum Gasteiger partial charge on any atom is 0.236 e. The minimum Gasteiger partial charge on any atom is -0.342 e. The lowest BCUT2D eigenvalue weighted by Gasteiger charge is -2.36. The smallest absolute Gasteiger partial charge is 0.236 e. The Balaban J connectivity index is 1.04. The number of carbonyl (C=O) groups is 1. The molecule has 2 fully saturated rings. The summed E-state index contributed by atoms with van der Waals surface area (Å²) < 4.78 is 0. The molecule has 1 N–H and O–H groups in total. The lowest BCUT2D eigenvalue weighted by Crippen LogP contribution is -2.50. The summed E-state index contributed by atoms with van der Waals surface area (Å²) in [5, 5.41) is 0. The molecule has 2 saturated heterocycles. The third-order valence-corrected chi connectivity index (χ3v) is 6.97. The lowest BCUT2D eigenvalue weighted by molar-refractivity contribution is -0.134. The van der Waals surface area contributed by atoms with Gasteiger partial charge in [0.1, 0.15) is 5.82 Å². The molecule has 0 spiro atoms. The number of piperazine rings is 1. The van der Waals surface area contributed by atoms with Crippen LogP contribution in [-0.2, 0) is 17.8 Å². The molecule has 0 atom stereocenters. The van der Waals surface area contributed by atoms with Crippen LogP contribution in [0.4, 0.5) is 0 Å². The van der Waals surface area contributed by atoms with Gasteiger partial charge in [0, 0.05) is 39.3 Å². The first kappa shape index (κ1) is 21.2. The molecule has 6 nitrogen and oxygen atoms in total. The molecular formula is C26H33N5O. The van der Waals surface area contributed by atoms with Crippen LogP contribution in [-0.4, -0.2) is 76.4 Å². The Morgan fingerprint density at radius 2 is 1.56 bits per heavy atom. The van der Waals surface area contributed by atoms with Crippen molar-refractivity contribution >= 4 is 16.9 Å². The number of benzene rings is 2. The van der Waals surface area contributed by atoms with Gasteiger partial charge in [-0.15, -0.1) is 0 Å². The lowest BCUT2D eigenvalue weighted by atomic mass is 9.90. The number of imidazole rings is 1. The summed E-state index contributed by atoms with van der Waals surface area (Å²) in [6.07, 6.45) is 3.37. The molecule has 0 radical (unpaired) electrons. The molecule has 168 valence electrons. The van der Waals surface area contributed by atoms with Crippen LogP contribution in [0.1, 0.15) is 24.2 Å². The number of hydrogen-bond acceptors (Lipinski definition) is 4. The van der Waals surface area contributed by atoms with Gasteiger partial charge in [0.2, 0.25) is 5.91 Å². The van der Waals surface area contributed by atoms with E-state index in [2.05, 4.69) is 56.1 Å². The molecule has 1 amide bonds. The van der Waals surface area contributed by atoms with Crippen molar-refractivity contribution in [1.29, 1.82) is 0 Å². The molecule has 2 aliphatic rings. The van der Waals surface area contributed by atoms with E-state index in [-0.39, 0.29) is 0 Å². The molecule has 3 aromatic rings. The Kier molecular flexibility index (Phi) is 6.51. The average molecular weight is 432 g/mol. The molecule has 0 saturated carbocycles. The van der Waals surface area contributed by atoms with E-state index in [0.29, 0.717) is 18.4 Å². The molecule has 3 heterocycles. The summed E-state index contributed by atoms with van der Waals surface area (Å²) in [6.45, 7) is 7.04. The van der Waals surface area contributed by atoms with Crippen molar-refractivity contribution in [3.63, 3.8) is 0 Å². The number of likely N-dealkylation sites (tertiary alicyclic amines) is 1. The molecule has 2 aliphatic heterocycles. The zero-order valence-corrected chi connectivity index (χ0v) is 18.7. The van der Waals surface area contributed by atoms with E-state index >= 15 is 0 Å². The third-order valence-electron chi connectivity index (χ3n) is 6.97. The predicted molar refractivity (Wildman–Crippen MR) is 127 cm³/mol. The van der Waals surface area contributed by atoms with Crippen LogP contribution >= 0.6 is 0 Å². The fourth-order valence-electron chi connectivity index (χ4n) is 5.02. The molecule has 0 bridgehead atoms. The summed E-state index contributed by atoms with van der Waals surface area (Å²) in [5.41, 5.74) is 3.54. The second kappa shape index (κ2) is 9.84. The van der Waals surface area contributed by atoms with Gasteiger partial charge in [-0.1, -0.05) is 42.5 Å². The zero-order valence-electron chi connectivity index (χ0n) is 18.7. The summed E-state index contributed by atoms with van der Waals surface area (Å²) in [7, 11) is 0. The third kappa shape index (κ3) is 5.19. The molecule has 0 aliphatic carbocycles. The molecular weight excluding hydrogens is 398 g/mol. The summed E-state index contributed by atoms with van der Waals surface area (Å²) in [4.78, 5) is 27.8. The van der Waals surface area contributed by atoms with Gasteiger partial charge in [0.15, 0.2) is 0 Å². The first-order chi connectivity index (χ1) is 15.7. The second-order valence-corrected chi connectivity index (χ2v) is 9.27. The number of fused-ring (bicyclic) bond motifs is 1. The van der Waals surface area contributed by atoms with Gasteiger partial charge in [-0.3, -0.25) is 14.6 Å². The van der Waals surface area contributed by atoms with Crippen molar-refractivity contribution < 1.29 is 4.79 Å². The number of rotatable bonds is 6. The number of para-hydroxylation sites is 2. The van der Waals surface area contributed by atoms with Gasteiger partial charge < -0.3 is 9.88 Å². The standard InChI is InChI=1S/C26H33N5O/c32-26(31-12-10-22(11-13-31)18-21-6-2-1-3-7-21)20-30-16-14-29(15-17-30)19-25-27-23-8-4-5-9-24(23)28-25/h1-9,22H,10-20H2,(H,27,28). The molecule has 6 heteroatoms. The van der Waals surface area contributed by atoms with Gasteiger partial charge in [-0.2, -0.15) is 0 Å². The fraction of sp³-hybridized carbons (Fsp3) is 0.462. The van der Waals surface area contributed by atoms with Crippen molar-refractivity contribution in [2.75, 3.05) is 45.8 Å². The molecule has 1 aromatic heterocycles. The molecule has 5 rings (SSSR count). The Hall–Kier alpha value is -2.70. The zero-order chi connectivity index (χ0) is 21.8. The predicted octanol–water partition coefficient (Wildman–Crippen LogP) is 3.16. The highest BCUT2D eigenvalue weighted by atomic mass is 16.2. The number of aromatic amines is 1. The number of amides is 1. The van der Waals surface area contributed by atoms with Gasteiger partial charge >= 0.3 is 0 Å². The topological polar surface area (TPSA) is 55.5 Å². The van der Waals surface area contributed by atoms with Gasteiger partial charge in [0.25, 0.3) is 0 Å². The number of piperidine rings is 1. The van der Waals surface area contributed by atoms with Crippen molar-refractivity contribution in [3.8, 4) is 0 Å². The minimum atomic E-state index is 0.300. The van der Waals surface area contributed by atoms with Crippen LogP contribution in [0.15, 0.2) is 54.6 Å². The minimum absolute atomic E-state index is 0.300. The Labute approximate surface area is 190 Å². The normalized spacial score (nSPS) is 18.9. The van der Waals surface area contributed by atoms with Gasteiger partial charge in [-0.25, -0.2) is 4.98 Å². The first-order valence-corrected chi connectivity index (χ1v) is 11.9. The maximum atomic E-state index is 12.9. The number of aromatic nitrogens is 2. The highest BCUT2D eigenvalue weighted by Gasteiger charge is 2.26. The SMILES string of the molecule is O=C(CN1CCN(Cc2nc3ccccc3[nH]2)CC1)N1CCC(Cc2ccccc2)CC1. The highest BCUT2D eigenvalue weighted by molar-refractivity contribution is 5.78. The van der Waals surface area contributed by atoms with E-state index in [4.69, 9.17) is 4.98 Å². The largest absolute Gasteiger partial charge is 0.342 e. The van der Waals surface area contributed by atoms with Gasteiger partial charge in [0.05, 0.1) is 24.1 Å². The van der Waals surface area contributed by atoms with E-state index < -0.39 is 0 Å². The number of H-pyrrole nitrogens is 1. The average Bonchev–Trinajstić information content (AvgIpc) is 3.24. The van der Waals surface area contributed by atoms with Crippen LogP contribution in [0.3, 0.4) is 0 Å². The van der Waals surface area contributed by atoms with Crippen molar-refractivity contribution in [1.82, 2.24) is 24.7 Å². The summed E-state index contributed by atoms with van der Waals surface area (Å²) in [5.74, 6) is 2.02. The molecule has 0 unspecified atom stereocenters. The number of carbonyl (C=O) groups excluding carboxylic acids is 1. The molecule has 32 heavy (non-hydrogen) atoms. The monoisotopic (exact) mass is 431 g/mol. The maximum absolute atomic E-state index is 12.9. The van der Waals surface area contributed by atoms with Crippen molar-refractivity contribution in [2.45, 2.75) is 25.8 Å². The number of nitrogens with one attached hydrogen (secondary N) is 1. The summed E-state index contributed by atoms with van der Waals surface area (Å²) >= 11 is 0. The number of hydrogen-bond donors (Lipinski definition) is 1. The van der Waals surface area contributed by atoms with Crippen LogP contribution in [0.25, 0.3) is 11.0 Å². The fourth-order valence-corrected chi connectivity index (χ4v) is 5.02. The van der Waals surface area contributed by atoms with Gasteiger partial charge in [-0.05, 0) is 42.9 Å². The van der Waals surface area contributed by atoms with Crippen LogP contribution in [0, 0.1) is 5.92 Å². The van der Waals surface area contributed by atoms with E-state index in [1.54, 1.807) is 0 Å². The second-order valence-electron chi connectivity index (χ2n) is 9.27. The highest BCUT2D eigenvalue weighted by Crippen LogP contribution is 2.22. The summed E-state index contributed by atoms with van der Waals surface area (Å²) in [6, 6.07) is 18.9. The van der Waals surface area contributed by atoms with E-state index in [0.717, 1.165) is 81.9 Å². The Morgan fingerprint density at radius 3 is 2.31 bits per heavy atom. The van der Waals surface area contributed by atoms with Crippen LogP contribution in [0.5, 0.6) is 0 Å². The van der Waals surface area contributed by atoms with Crippen molar-refractivity contribution in [3.05, 3.63) is 66.0 Å². The van der Waals surface area contributed by atoms with E-state index in [1.807, 2.05) is 18.2 Å². The Bertz CT molecular complexity index is 984.